The van der Waals surface area contributed by atoms with Crippen LogP contribution in [0, 0.1) is 0 Å². The molecular formula is C20H26N6O3. The van der Waals surface area contributed by atoms with E-state index < -0.39 is 12.2 Å². The zero-order valence-electron chi connectivity index (χ0n) is 17.1. The highest BCUT2D eigenvalue weighted by molar-refractivity contribution is 6.09. The maximum absolute atomic E-state index is 13.1. The number of carbonyl (C=O) groups is 2. The molecule has 1 fully saturated rings. The van der Waals surface area contributed by atoms with E-state index in [1.165, 1.54) is 9.80 Å². The van der Waals surface area contributed by atoms with Gasteiger partial charge in [0, 0.05) is 57.6 Å². The first kappa shape index (κ1) is 19.3. The van der Waals surface area contributed by atoms with Crippen LogP contribution in [0.1, 0.15) is 13.3 Å². The van der Waals surface area contributed by atoms with Crippen LogP contribution in [-0.2, 0) is 4.79 Å². The van der Waals surface area contributed by atoms with Gasteiger partial charge in [-0.25, -0.2) is 9.79 Å². The van der Waals surface area contributed by atoms with E-state index in [-0.39, 0.29) is 25.1 Å². The lowest BCUT2D eigenvalue weighted by Crippen LogP contribution is -2.64. The van der Waals surface area contributed by atoms with Crippen LogP contribution in [0.25, 0.3) is 0 Å². The third kappa shape index (κ3) is 2.93. The SMILES string of the molecule is CC1=CN2C(=NC3C2C(=O)N(CCCO)C(=O)N3C)N1c1ccc(N(C)C)cc1. The number of anilines is 2. The Balaban J connectivity index is 1.66. The number of allylic oxidation sites excluding steroid dienone is 1. The topological polar surface area (TPSA) is 82.9 Å². The lowest BCUT2D eigenvalue weighted by Gasteiger charge is -2.40. The summed E-state index contributed by atoms with van der Waals surface area (Å²) >= 11 is 0. The van der Waals surface area contributed by atoms with Crippen LogP contribution in [0.3, 0.4) is 0 Å². The number of hydrogen-bond donors (Lipinski definition) is 1. The Morgan fingerprint density at radius 2 is 1.86 bits per heavy atom. The number of aliphatic hydroxyl groups excluding tert-OH is 1. The number of amides is 3. The van der Waals surface area contributed by atoms with Crippen LogP contribution in [0.4, 0.5) is 16.2 Å². The number of guanidine groups is 1. The average Bonchev–Trinajstić information content (AvgIpc) is 3.21. The molecule has 1 N–H and O–H groups in total. The van der Waals surface area contributed by atoms with Crippen molar-refractivity contribution in [2.24, 2.45) is 4.99 Å². The molecule has 1 aromatic rings. The summed E-state index contributed by atoms with van der Waals surface area (Å²) in [4.78, 5) is 39.1. The van der Waals surface area contributed by atoms with Crippen molar-refractivity contribution in [3.63, 3.8) is 0 Å². The third-order valence-electron chi connectivity index (χ3n) is 5.55. The molecule has 1 saturated heterocycles. The number of rotatable bonds is 5. The smallest absolute Gasteiger partial charge is 0.328 e. The second-order valence-electron chi connectivity index (χ2n) is 7.67. The van der Waals surface area contributed by atoms with Gasteiger partial charge in [0.25, 0.3) is 5.91 Å². The van der Waals surface area contributed by atoms with E-state index in [2.05, 4.69) is 0 Å². The summed E-state index contributed by atoms with van der Waals surface area (Å²) in [7, 11) is 5.65. The van der Waals surface area contributed by atoms with Crippen LogP contribution in [0.15, 0.2) is 41.2 Å². The molecule has 9 heteroatoms. The number of imide groups is 1. The monoisotopic (exact) mass is 398 g/mol. The molecule has 9 nitrogen and oxygen atoms in total. The van der Waals surface area contributed by atoms with Crippen LogP contribution in [-0.4, -0.2) is 84.2 Å². The number of aliphatic hydroxyl groups is 1. The number of carbonyl (C=O) groups excluding carboxylic acids is 2. The van der Waals surface area contributed by atoms with Crippen molar-refractivity contribution in [3.8, 4) is 0 Å². The molecule has 3 aliphatic rings. The predicted octanol–water partition coefficient (Wildman–Crippen LogP) is 1.08. The van der Waals surface area contributed by atoms with Gasteiger partial charge in [-0.1, -0.05) is 0 Å². The minimum absolute atomic E-state index is 0.0733. The first-order chi connectivity index (χ1) is 13.8. The van der Waals surface area contributed by atoms with Gasteiger partial charge in [0.1, 0.15) is 0 Å². The standard InChI is InChI=1S/C20H26N6O3/c1-13-12-25-16-17(23(4)20(29)24(18(16)28)10-5-11-27)21-19(25)26(13)15-8-6-14(7-9-15)22(2)3/h6-9,12,16-17,27H,5,10-11H2,1-4H3. The molecule has 0 aromatic heterocycles. The molecule has 0 radical (unpaired) electrons. The van der Waals surface area contributed by atoms with E-state index in [4.69, 9.17) is 10.1 Å². The Morgan fingerprint density at radius 1 is 1.17 bits per heavy atom. The molecule has 3 heterocycles. The van der Waals surface area contributed by atoms with Gasteiger partial charge in [0.15, 0.2) is 12.2 Å². The van der Waals surface area contributed by atoms with Crippen molar-refractivity contribution >= 4 is 29.3 Å². The van der Waals surface area contributed by atoms with Crippen molar-refractivity contribution in [2.75, 3.05) is 44.1 Å². The number of hydrogen-bond acceptors (Lipinski definition) is 7. The largest absolute Gasteiger partial charge is 0.396 e. The number of urea groups is 1. The fourth-order valence-corrected chi connectivity index (χ4v) is 4.01. The zero-order valence-corrected chi connectivity index (χ0v) is 17.1. The summed E-state index contributed by atoms with van der Waals surface area (Å²) < 4.78 is 0. The first-order valence-corrected chi connectivity index (χ1v) is 9.66. The molecule has 2 unspecified atom stereocenters. The number of benzene rings is 1. The lowest BCUT2D eigenvalue weighted by molar-refractivity contribution is -0.136. The number of aliphatic imine (C=N–C) groups is 1. The summed E-state index contributed by atoms with van der Waals surface area (Å²) in [5.41, 5.74) is 2.99. The van der Waals surface area contributed by atoms with Crippen molar-refractivity contribution in [2.45, 2.75) is 25.6 Å². The lowest BCUT2D eigenvalue weighted by atomic mass is 10.1. The molecule has 0 aliphatic carbocycles. The van der Waals surface area contributed by atoms with E-state index in [1.54, 1.807) is 7.05 Å². The fourth-order valence-electron chi connectivity index (χ4n) is 4.01. The Labute approximate surface area is 170 Å². The third-order valence-corrected chi connectivity index (χ3v) is 5.55. The van der Waals surface area contributed by atoms with Crippen molar-refractivity contribution in [1.82, 2.24) is 14.7 Å². The van der Waals surface area contributed by atoms with E-state index in [0.29, 0.717) is 12.4 Å². The zero-order chi connectivity index (χ0) is 20.9. The van der Waals surface area contributed by atoms with Crippen molar-refractivity contribution in [1.29, 1.82) is 0 Å². The minimum atomic E-state index is -0.590. The van der Waals surface area contributed by atoms with Gasteiger partial charge in [-0.3, -0.25) is 14.6 Å². The fraction of sp³-hybridized carbons (Fsp3) is 0.450. The van der Waals surface area contributed by atoms with Gasteiger partial charge in [0.2, 0.25) is 5.96 Å². The first-order valence-electron chi connectivity index (χ1n) is 9.66. The highest BCUT2D eigenvalue weighted by Crippen LogP contribution is 2.36. The summed E-state index contributed by atoms with van der Waals surface area (Å²) in [6, 6.07) is 7.14. The van der Waals surface area contributed by atoms with Gasteiger partial charge < -0.3 is 19.8 Å². The van der Waals surface area contributed by atoms with E-state index >= 15 is 0 Å². The molecule has 1 aromatic carbocycles. The van der Waals surface area contributed by atoms with Gasteiger partial charge in [-0.2, -0.15) is 0 Å². The molecule has 0 bridgehead atoms. The van der Waals surface area contributed by atoms with Crippen LogP contribution in [0.5, 0.6) is 0 Å². The Kier molecular flexibility index (Phi) is 4.70. The Hall–Kier alpha value is -3.07. The molecule has 0 spiro atoms. The molecule has 2 atom stereocenters. The average molecular weight is 398 g/mol. The molecule has 3 aliphatic heterocycles. The normalized spacial score (nSPS) is 23.3. The van der Waals surface area contributed by atoms with Crippen LogP contribution >= 0.6 is 0 Å². The van der Waals surface area contributed by atoms with E-state index in [0.717, 1.165) is 17.1 Å². The Morgan fingerprint density at radius 3 is 2.48 bits per heavy atom. The Bertz CT molecular complexity index is 894. The number of fused-ring (bicyclic) bond motifs is 3. The molecule has 0 saturated carbocycles. The quantitative estimate of drug-likeness (QED) is 0.799. The highest BCUT2D eigenvalue weighted by atomic mass is 16.3. The van der Waals surface area contributed by atoms with Crippen molar-refractivity contribution < 1.29 is 14.7 Å². The summed E-state index contributed by atoms with van der Waals surface area (Å²) in [6.07, 6.45) is 1.70. The molecule has 4 rings (SSSR count). The van der Waals surface area contributed by atoms with Crippen LogP contribution < -0.4 is 9.80 Å². The maximum atomic E-state index is 13.1. The molecule has 154 valence electrons. The summed E-state index contributed by atoms with van der Waals surface area (Å²) in [5.74, 6) is 0.367. The molecule has 29 heavy (non-hydrogen) atoms. The van der Waals surface area contributed by atoms with Gasteiger partial charge in [-0.15, -0.1) is 0 Å². The van der Waals surface area contributed by atoms with E-state index in [9.17, 15) is 9.59 Å². The highest BCUT2D eigenvalue weighted by Gasteiger charge is 2.54. The van der Waals surface area contributed by atoms with E-state index in [1.807, 2.05) is 66.2 Å². The van der Waals surface area contributed by atoms with Gasteiger partial charge in [0.05, 0.1) is 0 Å². The number of nitrogens with zero attached hydrogens (tertiary/aromatic N) is 6. The second kappa shape index (κ2) is 7.07. The van der Waals surface area contributed by atoms with Gasteiger partial charge in [-0.05, 0) is 37.6 Å². The second-order valence-corrected chi connectivity index (χ2v) is 7.67. The van der Waals surface area contributed by atoms with Crippen LogP contribution in [0.2, 0.25) is 0 Å². The predicted molar refractivity (Wildman–Crippen MR) is 110 cm³/mol. The van der Waals surface area contributed by atoms with Gasteiger partial charge >= 0.3 is 6.03 Å². The maximum Gasteiger partial charge on any atom is 0.328 e. The van der Waals surface area contributed by atoms with Crippen molar-refractivity contribution in [3.05, 3.63) is 36.2 Å². The molecular weight excluding hydrogens is 372 g/mol. The minimum Gasteiger partial charge on any atom is -0.396 e. The summed E-state index contributed by atoms with van der Waals surface area (Å²) in [5, 5.41) is 9.11. The molecule has 3 amide bonds. The number of likely N-dealkylation sites (N-methyl/N-ethyl adjacent to an activating group) is 1. The summed E-state index contributed by atoms with van der Waals surface area (Å²) in [6.45, 7) is 2.10.